The van der Waals surface area contributed by atoms with Crippen LogP contribution < -0.4 is 5.32 Å². The Labute approximate surface area is 79.8 Å². The largest absolute Gasteiger partial charge is 0.375 e. The van der Waals surface area contributed by atoms with Gasteiger partial charge in [0.15, 0.2) is 0 Å². The van der Waals surface area contributed by atoms with Crippen molar-refractivity contribution in [3.8, 4) is 0 Å². The van der Waals surface area contributed by atoms with Crippen LogP contribution in [0.25, 0.3) is 0 Å². The maximum absolute atomic E-state index is 11.6. The molecule has 1 fully saturated rings. The van der Waals surface area contributed by atoms with Gasteiger partial charge >= 0.3 is 0 Å². The van der Waals surface area contributed by atoms with E-state index in [1.54, 1.807) is 0 Å². The zero-order chi connectivity index (χ0) is 9.84. The number of amides is 1. The highest BCUT2D eigenvalue weighted by atomic mass is 16.5. The molecule has 0 spiro atoms. The summed E-state index contributed by atoms with van der Waals surface area (Å²) in [6.07, 6.45) is 0.946. The Balaban J connectivity index is 2.71. The first kappa shape index (κ1) is 10.5. The molecule has 1 amide bonds. The summed E-state index contributed by atoms with van der Waals surface area (Å²) in [7, 11) is 0. The van der Waals surface area contributed by atoms with E-state index in [-0.39, 0.29) is 17.9 Å². The van der Waals surface area contributed by atoms with Gasteiger partial charge < -0.3 is 10.1 Å². The molecule has 1 saturated heterocycles. The number of nitrogens with one attached hydrogen (secondary N) is 1. The van der Waals surface area contributed by atoms with E-state index >= 15 is 0 Å². The summed E-state index contributed by atoms with van der Waals surface area (Å²) in [5, 5.41) is 2.87. The van der Waals surface area contributed by atoms with Crippen LogP contribution >= 0.6 is 0 Å². The second-order valence-electron chi connectivity index (χ2n) is 3.89. The quantitative estimate of drug-likeness (QED) is 0.701. The minimum atomic E-state index is 0.0301. The van der Waals surface area contributed by atoms with Gasteiger partial charge in [-0.3, -0.25) is 4.79 Å². The Morgan fingerprint density at radius 3 is 2.85 bits per heavy atom. The van der Waals surface area contributed by atoms with Crippen molar-refractivity contribution in [2.24, 2.45) is 11.8 Å². The molecule has 1 N–H and O–H groups in total. The molecule has 1 aliphatic heterocycles. The van der Waals surface area contributed by atoms with Crippen LogP contribution in [0.15, 0.2) is 0 Å². The van der Waals surface area contributed by atoms with E-state index < -0.39 is 0 Å². The zero-order valence-corrected chi connectivity index (χ0v) is 8.67. The molecule has 0 radical (unpaired) electrons. The predicted octanol–water partition coefficient (Wildman–Crippen LogP) is 1.18. The summed E-state index contributed by atoms with van der Waals surface area (Å²) in [4.78, 5) is 11.6. The maximum Gasteiger partial charge on any atom is 0.225 e. The van der Waals surface area contributed by atoms with Crippen LogP contribution in [-0.4, -0.2) is 25.2 Å². The topological polar surface area (TPSA) is 38.3 Å². The van der Waals surface area contributed by atoms with Gasteiger partial charge in [-0.05, 0) is 12.3 Å². The molecule has 2 unspecified atom stereocenters. The lowest BCUT2D eigenvalue weighted by molar-refractivity contribution is -0.128. The van der Waals surface area contributed by atoms with Crippen molar-refractivity contribution in [2.75, 3.05) is 13.2 Å². The fraction of sp³-hybridized carbons (Fsp3) is 0.900. The van der Waals surface area contributed by atoms with Crippen molar-refractivity contribution in [3.63, 3.8) is 0 Å². The highest BCUT2D eigenvalue weighted by Crippen LogP contribution is 2.21. The van der Waals surface area contributed by atoms with Gasteiger partial charge in [0.25, 0.3) is 0 Å². The van der Waals surface area contributed by atoms with Crippen LogP contribution in [0.3, 0.4) is 0 Å². The zero-order valence-electron chi connectivity index (χ0n) is 8.67. The second-order valence-corrected chi connectivity index (χ2v) is 3.89. The van der Waals surface area contributed by atoms with Crippen LogP contribution in [0.1, 0.15) is 27.2 Å². The fourth-order valence-corrected chi connectivity index (χ4v) is 1.84. The first-order valence-electron chi connectivity index (χ1n) is 5.06. The molecule has 0 bridgehead atoms. The van der Waals surface area contributed by atoms with E-state index in [4.69, 9.17) is 4.74 Å². The average molecular weight is 185 g/mol. The normalized spacial score (nSPS) is 30.0. The molecule has 1 heterocycles. The molecule has 1 aliphatic rings. The molecule has 76 valence electrons. The van der Waals surface area contributed by atoms with Gasteiger partial charge in [-0.15, -0.1) is 0 Å². The van der Waals surface area contributed by atoms with Crippen molar-refractivity contribution >= 4 is 5.91 Å². The summed E-state index contributed by atoms with van der Waals surface area (Å²) >= 11 is 0. The van der Waals surface area contributed by atoms with Crippen molar-refractivity contribution in [3.05, 3.63) is 0 Å². The van der Waals surface area contributed by atoms with E-state index in [9.17, 15) is 4.79 Å². The minimum absolute atomic E-state index is 0.0301. The molecule has 0 saturated carbocycles. The Morgan fingerprint density at radius 2 is 2.31 bits per heavy atom. The first-order valence-corrected chi connectivity index (χ1v) is 5.06. The summed E-state index contributed by atoms with van der Waals surface area (Å²) in [5.41, 5.74) is 0. The first-order chi connectivity index (χ1) is 6.16. The smallest absolute Gasteiger partial charge is 0.225 e. The number of hydrogen-bond donors (Lipinski definition) is 1. The van der Waals surface area contributed by atoms with Gasteiger partial charge in [-0.25, -0.2) is 0 Å². The lowest BCUT2D eigenvalue weighted by atomic mass is 9.90. The van der Waals surface area contributed by atoms with Crippen LogP contribution in [0.2, 0.25) is 0 Å². The van der Waals surface area contributed by atoms with E-state index in [0.29, 0.717) is 19.1 Å². The molecule has 3 nitrogen and oxygen atoms in total. The van der Waals surface area contributed by atoms with E-state index in [2.05, 4.69) is 19.2 Å². The number of rotatable bonds is 2. The summed E-state index contributed by atoms with van der Waals surface area (Å²) in [6, 6.07) is 0. The highest BCUT2D eigenvalue weighted by Gasteiger charge is 2.31. The number of carbonyl (C=O) groups is 1. The molecule has 0 aliphatic carbocycles. The molecule has 3 heteroatoms. The van der Waals surface area contributed by atoms with Crippen LogP contribution in [0.4, 0.5) is 0 Å². The number of ether oxygens (including phenoxy) is 1. The standard InChI is InChI=1S/C10H19NO2/c1-4-8-9(7(2)3)13-6-5-11-10(8)12/h7-9H,4-6H2,1-3H3,(H,11,12). The Kier molecular flexibility index (Phi) is 3.72. The van der Waals surface area contributed by atoms with Crippen LogP contribution in [-0.2, 0) is 9.53 Å². The molecule has 0 aromatic rings. The maximum atomic E-state index is 11.6. The predicted molar refractivity (Wildman–Crippen MR) is 51.4 cm³/mol. The third-order valence-corrected chi connectivity index (χ3v) is 2.54. The third kappa shape index (κ3) is 2.44. The Morgan fingerprint density at radius 1 is 1.62 bits per heavy atom. The lowest BCUT2D eigenvalue weighted by Gasteiger charge is -2.25. The molecule has 0 aromatic carbocycles. The second kappa shape index (κ2) is 4.61. The molecule has 1 rings (SSSR count). The van der Waals surface area contributed by atoms with Gasteiger partial charge in [-0.2, -0.15) is 0 Å². The van der Waals surface area contributed by atoms with Crippen molar-refractivity contribution in [1.29, 1.82) is 0 Å². The van der Waals surface area contributed by atoms with E-state index in [0.717, 1.165) is 6.42 Å². The van der Waals surface area contributed by atoms with E-state index in [1.807, 2.05) is 6.92 Å². The SMILES string of the molecule is CCC1C(=O)NCCOC1C(C)C. The van der Waals surface area contributed by atoms with Crippen LogP contribution in [0, 0.1) is 11.8 Å². The Bertz CT molecular complexity index is 180. The minimum Gasteiger partial charge on any atom is -0.375 e. The third-order valence-electron chi connectivity index (χ3n) is 2.54. The van der Waals surface area contributed by atoms with Gasteiger partial charge in [-0.1, -0.05) is 20.8 Å². The summed E-state index contributed by atoms with van der Waals surface area (Å²) in [6.45, 7) is 7.54. The molecular weight excluding hydrogens is 166 g/mol. The molecule has 2 atom stereocenters. The van der Waals surface area contributed by atoms with E-state index in [1.165, 1.54) is 0 Å². The highest BCUT2D eigenvalue weighted by molar-refractivity contribution is 5.79. The van der Waals surface area contributed by atoms with Crippen molar-refractivity contribution in [2.45, 2.75) is 33.3 Å². The molecular formula is C10H19NO2. The molecule has 13 heavy (non-hydrogen) atoms. The average Bonchev–Trinajstić information content (AvgIpc) is 2.26. The van der Waals surface area contributed by atoms with Crippen LogP contribution in [0.5, 0.6) is 0 Å². The monoisotopic (exact) mass is 185 g/mol. The number of hydrogen-bond acceptors (Lipinski definition) is 2. The van der Waals surface area contributed by atoms with Gasteiger partial charge in [0.05, 0.1) is 18.6 Å². The van der Waals surface area contributed by atoms with Gasteiger partial charge in [0.2, 0.25) is 5.91 Å². The van der Waals surface area contributed by atoms with Gasteiger partial charge in [0.1, 0.15) is 0 Å². The summed E-state index contributed by atoms with van der Waals surface area (Å²) < 4.78 is 5.65. The Hall–Kier alpha value is -0.570. The van der Waals surface area contributed by atoms with Gasteiger partial charge in [0, 0.05) is 6.54 Å². The fourth-order valence-electron chi connectivity index (χ4n) is 1.84. The summed E-state index contributed by atoms with van der Waals surface area (Å²) in [5.74, 6) is 0.593. The number of carbonyl (C=O) groups excluding carboxylic acids is 1. The lowest BCUT2D eigenvalue weighted by Crippen LogP contribution is -2.37. The van der Waals surface area contributed by atoms with Crippen molar-refractivity contribution in [1.82, 2.24) is 5.32 Å². The van der Waals surface area contributed by atoms with Crippen molar-refractivity contribution < 1.29 is 9.53 Å². The molecule has 0 aromatic heterocycles.